The molecule has 1 atom stereocenters. The van der Waals surface area contributed by atoms with Crippen molar-refractivity contribution in [3.63, 3.8) is 0 Å². The number of hydrogen-bond donors (Lipinski definition) is 2. The number of thiophene rings is 1. The lowest BCUT2D eigenvalue weighted by molar-refractivity contribution is -0.124. The van der Waals surface area contributed by atoms with E-state index in [4.69, 9.17) is 4.74 Å². The smallest absolute Gasteiger partial charge is 0.258 e. The Morgan fingerprint density at radius 2 is 2.05 bits per heavy atom. The summed E-state index contributed by atoms with van der Waals surface area (Å²) in [7, 11) is 0. The number of benzene rings is 1. The van der Waals surface area contributed by atoms with E-state index in [0.29, 0.717) is 5.75 Å². The van der Waals surface area contributed by atoms with Crippen molar-refractivity contribution in [2.75, 3.05) is 13.2 Å². The summed E-state index contributed by atoms with van der Waals surface area (Å²) in [6, 6.07) is 9.52. The second-order valence-electron chi connectivity index (χ2n) is 5.35. The number of amides is 1. The van der Waals surface area contributed by atoms with Gasteiger partial charge in [-0.2, -0.15) is 11.3 Å². The molecule has 0 saturated heterocycles. The van der Waals surface area contributed by atoms with Crippen molar-refractivity contribution < 1.29 is 14.6 Å². The lowest BCUT2D eigenvalue weighted by atomic mass is 9.99. The lowest BCUT2D eigenvalue weighted by Crippen LogP contribution is -2.40. The van der Waals surface area contributed by atoms with Gasteiger partial charge in [-0.1, -0.05) is 19.1 Å². The summed E-state index contributed by atoms with van der Waals surface area (Å²) in [4.78, 5) is 11.8. The molecule has 1 aromatic heterocycles. The average Bonchev–Trinajstić information content (AvgIpc) is 3.07. The Hall–Kier alpha value is -1.85. The third kappa shape index (κ3) is 4.58. The molecule has 0 aliphatic heterocycles. The van der Waals surface area contributed by atoms with E-state index >= 15 is 0 Å². The molecule has 5 heteroatoms. The zero-order valence-corrected chi connectivity index (χ0v) is 13.7. The van der Waals surface area contributed by atoms with Crippen LogP contribution in [0.1, 0.15) is 25.0 Å². The number of rotatable bonds is 7. The Morgan fingerprint density at radius 3 is 2.64 bits per heavy atom. The Labute approximate surface area is 134 Å². The summed E-state index contributed by atoms with van der Waals surface area (Å²) in [6.07, 6.45) is 0.971. The third-order valence-corrected chi connectivity index (χ3v) is 4.16. The minimum absolute atomic E-state index is 0.0643. The molecule has 1 aromatic carbocycles. The summed E-state index contributed by atoms with van der Waals surface area (Å²) < 4.78 is 5.43. The van der Waals surface area contributed by atoms with E-state index in [1.807, 2.05) is 41.1 Å². The Kier molecular flexibility index (Phi) is 5.57. The van der Waals surface area contributed by atoms with Crippen molar-refractivity contribution in [1.82, 2.24) is 5.32 Å². The minimum Gasteiger partial charge on any atom is -0.484 e. The van der Waals surface area contributed by atoms with E-state index in [9.17, 15) is 9.90 Å². The topological polar surface area (TPSA) is 58.6 Å². The van der Waals surface area contributed by atoms with Gasteiger partial charge < -0.3 is 15.2 Å². The van der Waals surface area contributed by atoms with Gasteiger partial charge in [0.05, 0.1) is 6.54 Å². The largest absolute Gasteiger partial charge is 0.484 e. The predicted octanol–water partition coefficient (Wildman–Crippen LogP) is 2.71. The zero-order valence-electron chi connectivity index (χ0n) is 12.8. The van der Waals surface area contributed by atoms with Crippen molar-refractivity contribution in [2.45, 2.75) is 25.9 Å². The molecule has 0 aliphatic carbocycles. The maximum atomic E-state index is 11.8. The van der Waals surface area contributed by atoms with E-state index in [0.717, 1.165) is 12.0 Å². The van der Waals surface area contributed by atoms with E-state index < -0.39 is 5.60 Å². The fraction of sp³-hybridized carbons (Fsp3) is 0.353. The normalized spacial score (nSPS) is 13.4. The lowest BCUT2D eigenvalue weighted by Gasteiger charge is -2.22. The standard InChI is InChI=1S/C17H21NO3S/c1-3-13-4-6-15(7-5-13)21-10-16(19)18-12-17(2,20)14-8-9-22-11-14/h4-9,11,20H,3,10,12H2,1-2H3,(H,18,19). The molecule has 1 heterocycles. The summed E-state index contributed by atoms with van der Waals surface area (Å²) >= 11 is 1.51. The van der Waals surface area contributed by atoms with Crippen LogP contribution in [0.4, 0.5) is 0 Å². The van der Waals surface area contributed by atoms with Gasteiger partial charge in [-0.3, -0.25) is 4.79 Å². The van der Waals surface area contributed by atoms with Crippen molar-refractivity contribution in [3.05, 3.63) is 52.2 Å². The molecule has 0 bridgehead atoms. The number of aliphatic hydroxyl groups is 1. The van der Waals surface area contributed by atoms with Gasteiger partial charge >= 0.3 is 0 Å². The average molecular weight is 319 g/mol. The van der Waals surface area contributed by atoms with Crippen LogP contribution in [0.25, 0.3) is 0 Å². The van der Waals surface area contributed by atoms with E-state index in [2.05, 4.69) is 12.2 Å². The Balaban J connectivity index is 1.78. The first-order chi connectivity index (χ1) is 10.5. The molecule has 0 spiro atoms. The van der Waals surface area contributed by atoms with Crippen LogP contribution in [0.15, 0.2) is 41.1 Å². The van der Waals surface area contributed by atoms with Gasteiger partial charge in [0.1, 0.15) is 11.4 Å². The van der Waals surface area contributed by atoms with Crippen molar-refractivity contribution in [1.29, 1.82) is 0 Å². The van der Waals surface area contributed by atoms with Crippen LogP contribution in [0.5, 0.6) is 5.75 Å². The van der Waals surface area contributed by atoms with Gasteiger partial charge in [0.15, 0.2) is 6.61 Å². The van der Waals surface area contributed by atoms with E-state index in [1.165, 1.54) is 16.9 Å². The molecule has 1 unspecified atom stereocenters. The number of carbonyl (C=O) groups excluding carboxylic acids is 1. The molecule has 4 nitrogen and oxygen atoms in total. The number of aryl methyl sites for hydroxylation is 1. The summed E-state index contributed by atoms with van der Waals surface area (Å²) in [5.41, 5.74) is 0.954. The highest BCUT2D eigenvalue weighted by Gasteiger charge is 2.24. The van der Waals surface area contributed by atoms with Crippen LogP contribution in [0.2, 0.25) is 0 Å². The molecule has 2 rings (SSSR count). The van der Waals surface area contributed by atoms with Crippen LogP contribution >= 0.6 is 11.3 Å². The van der Waals surface area contributed by atoms with Crippen LogP contribution in [0.3, 0.4) is 0 Å². The second kappa shape index (κ2) is 7.42. The first-order valence-corrected chi connectivity index (χ1v) is 8.19. The quantitative estimate of drug-likeness (QED) is 0.825. The van der Waals surface area contributed by atoms with E-state index in [1.54, 1.807) is 6.92 Å². The fourth-order valence-corrected chi connectivity index (χ4v) is 2.75. The molecule has 118 valence electrons. The van der Waals surface area contributed by atoms with Gasteiger partial charge in [-0.15, -0.1) is 0 Å². The van der Waals surface area contributed by atoms with Crippen molar-refractivity contribution >= 4 is 17.2 Å². The Bertz CT molecular complexity index is 591. The maximum Gasteiger partial charge on any atom is 0.258 e. The summed E-state index contributed by atoms with van der Waals surface area (Å²) in [5, 5.41) is 16.8. The number of ether oxygens (including phenoxy) is 1. The van der Waals surface area contributed by atoms with Gasteiger partial charge in [-0.05, 0) is 53.4 Å². The molecule has 2 aromatic rings. The fourth-order valence-electron chi connectivity index (χ4n) is 1.96. The third-order valence-electron chi connectivity index (χ3n) is 3.47. The zero-order chi connectivity index (χ0) is 16.0. The highest BCUT2D eigenvalue weighted by atomic mass is 32.1. The Morgan fingerprint density at radius 1 is 1.32 bits per heavy atom. The molecule has 0 radical (unpaired) electrons. The predicted molar refractivity (Wildman–Crippen MR) is 88.2 cm³/mol. The maximum absolute atomic E-state index is 11.8. The molecular formula is C17H21NO3S. The van der Waals surface area contributed by atoms with Crippen molar-refractivity contribution in [2.24, 2.45) is 0 Å². The number of carbonyl (C=O) groups is 1. The molecule has 0 saturated carbocycles. The van der Waals surface area contributed by atoms with Crippen molar-refractivity contribution in [3.8, 4) is 5.75 Å². The SMILES string of the molecule is CCc1ccc(OCC(=O)NCC(C)(O)c2ccsc2)cc1. The number of hydrogen-bond acceptors (Lipinski definition) is 4. The first kappa shape index (κ1) is 16.5. The highest BCUT2D eigenvalue weighted by Crippen LogP contribution is 2.22. The monoisotopic (exact) mass is 319 g/mol. The number of nitrogens with one attached hydrogen (secondary N) is 1. The molecule has 1 amide bonds. The van der Waals surface area contributed by atoms with Gasteiger partial charge in [0, 0.05) is 0 Å². The highest BCUT2D eigenvalue weighted by molar-refractivity contribution is 7.08. The molecular weight excluding hydrogens is 298 g/mol. The van der Waals surface area contributed by atoms with E-state index in [-0.39, 0.29) is 19.1 Å². The second-order valence-corrected chi connectivity index (χ2v) is 6.13. The van der Waals surface area contributed by atoms with Crippen LogP contribution < -0.4 is 10.1 Å². The summed E-state index contributed by atoms with van der Waals surface area (Å²) in [6.45, 7) is 3.86. The van der Waals surface area contributed by atoms with Gasteiger partial charge in [0.25, 0.3) is 5.91 Å². The molecule has 22 heavy (non-hydrogen) atoms. The van der Waals surface area contributed by atoms with Gasteiger partial charge in [-0.25, -0.2) is 0 Å². The minimum atomic E-state index is -1.07. The van der Waals surface area contributed by atoms with Crippen LogP contribution in [-0.2, 0) is 16.8 Å². The molecule has 0 aliphatic rings. The summed E-state index contributed by atoms with van der Waals surface area (Å²) in [5.74, 6) is 0.409. The molecule has 2 N–H and O–H groups in total. The molecule has 0 fully saturated rings. The first-order valence-electron chi connectivity index (χ1n) is 7.25. The van der Waals surface area contributed by atoms with Gasteiger partial charge in [0.2, 0.25) is 0 Å². The van der Waals surface area contributed by atoms with Crippen LogP contribution in [0, 0.1) is 0 Å². The van der Waals surface area contributed by atoms with Crippen LogP contribution in [-0.4, -0.2) is 24.2 Å².